The lowest BCUT2D eigenvalue weighted by Gasteiger charge is -2.38. The molecule has 0 spiro atoms. The summed E-state index contributed by atoms with van der Waals surface area (Å²) in [6.45, 7) is 7.62. The molecule has 1 amide bonds. The predicted molar refractivity (Wildman–Crippen MR) is 140 cm³/mol. The Morgan fingerprint density at radius 1 is 1.03 bits per heavy atom. The van der Waals surface area contributed by atoms with Gasteiger partial charge in [-0.05, 0) is 60.9 Å². The number of nitrogens with zero attached hydrogens (tertiary/aromatic N) is 4. The molecule has 1 aliphatic rings. The SMILES string of the molecule is Cc1cc(C)c(-n2ccn3nc(-c4cccnc4)cc23)cc1NC(=O)c1cccc(C2(C)COC2)c1. The molecule has 180 valence electrons. The number of rotatable bonds is 5. The maximum absolute atomic E-state index is 13.2. The molecular weight excluding hydrogens is 450 g/mol. The number of amides is 1. The maximum atomic E-state index is 13.2. The Kier molecular flexibility index (Phi) is 5.23. The second kappa shape index (κ2) is 8.46. The Balaban J connectivity index is 1.33. The lowest BCUT2D eigenvalue weighted by atomic mass is 9.80. The third-order valence-electron chi connectivity index (χ3n) is 6.99. The second-order valence-electron chi connectivity index (χ2n) is 9.78. The predicted octanol–water partition coefficient (Wildman–Crippen LogP) is 5.34. The Hall–Kier alpha value is -4.23. The summed E-state index contributed by atoms with van der Waals surface area (Å²) in [6, 6.07) is 17.9. The first kappa shape index (κ1) is 22.2. The van der Waals surface area contributed by atoms with Crippen molar-refractivity contribution in [3.63, 3.8) is 0 Å². The van der Waals surface area contributed by atoms with Crippen molar-refractivity contribution in [3.05, 3.63) is 102 Å². The average molecular weight is 478 g/mol. The van der Waals surface area contributed by atoms with E-state index >= 15 is 0 Å². The van der Waals surface area contributed by atoms with Crippen molar-refractivity contribution in [2.24, 2.45) is 0 Å². The summed E-state index contributed by atoms with van der Waals surface area (Å²) < 4.78 is 9.36. The first-order valence-electron chi connectivity index (χ1n) is 12.0. The maximum Gasteiger partial charge on any atom is 0.255 e. The number of carbonyl (C=O) groups is 1. The Bertz CT molecular complexity index is 1600. The van der Waals surface area contributed by atoms with Crippen LogP contribution < -0.4 is 5.32 Å². The summed E-state index contributed by atoms with van der Waals surface area (Å²) >= 11 is 0. The third-order valence-corrected chi connectivity index (χ3v) is 6.99. The minimum Gasteiger partial charge on any atom is -0.379 e. The molecule has 0 saturated carbocycles. The summed E-state index contributed by atoms with van der Waals surface area (Å²) in [4.78, 5) is 17.4. The van der Waals surface area contributed by atoms with Crippen LogP contribution in [0.1, 0.15) is 34.0 Å². The van der Waals surface area contributed by atoms with Crippen molar-refractivity contribution in [2.75, 3.05) is 18.5 Å². The minimum absolute atomic E-state index is 0.0249. The first-order chi connectivity index (χ1) is 17.4. The molecule has 0 atom stereocenters. The number of imidazole rings is 1. The Morgan fingerprint density at radius 2 is 1.89 bits per heavy atom. The average Bonchev–Trinajstić information content (AvgIpc) is 3.46. The molecule has 1 saturated heterocycles. The van der Waals surface area contributed by atoms with Gasteiger partial charge in [-0.1, -0.05) is 25.1 Å². The van der Waals surface area contributed by atoms with E-state index in [1.807, 2.05) is 72.5 Å². The number of fused-ring (bicyclic) bond motifs is 1. The van der Waals surface area contributed by atoms with Crippen LogP contribution in [-0.2, 0) is 10.2 Å². The number of hydrogen-bond acceptors (Lipinski definition) is 4. The molecule has 7 nitrogen and oxygen atoms in total. The number of benzene rings is 2. The molecule has 4 heterocycles. The van der Waals surface area contributed by atoms with Gasteiger partial charge in [0.1, 0.15) is 5.65 Å². The first-order valence-corrected chi connectivity index (χ1v) is 12.0. The number of carbonyl (C=O) groups excluding carboxylic acids is 1. The molecule has 1 N–H and O–H groups in total. The van der Waals surface area contributed by atoms with Crippen LogP contribution in [0.5, 0.6) is 0 Å². The van der Waals surface area contributed by atoms with Crippen molar-refractivity contribution in [2.45, 2.75) is 26.2 Å². The van der Waals surface area contributed by atoms with Crippen molar-refractivity contribution >= 4 is 17.2 Å². The summed E-state index contributed by atoms with van der Waals surface area (Å²) in [6.07, 6.45) is 7.49. The molecule has 0 aliphatic carbocycles. The van der Waals surface area contributed by atoms with Gasteiger partial charge in [0.15, 0.2) is 0 Å². The van der Waals surface area contributed by atoms with Crippen LogP contribution >= 0.6 is 0 Å². The fourth-order valence-corrected chi connectivity index (χ4v) is 4.78. The van der Waals surface area contributed by atoms with Gasteiger partial charge in [-0.15, -0.1) is 0 Å². The number of hydrogen-bond donors (Lipinski definition) is 1. The molecule has 5 aromatic rings. The van der Waals surface area contributed by atoms with E-state index in [-0.39, 0.29) is 11.3 Å². The number of aryl methyl sites for hydroxylation is 2. The van der Waals surface area contributed by atoms with Crippen molar-refractivity contribution in [1.82, 2.24) is 19.2 Å². The van der Waals surface area contributed by atoms with Gasteiger partial charge in [-0.2, -0.15) is 5.10 Å². The molecule has 0 bridgehead atoms. The monoisotopic (exact) mass is 477 g/mol. The van der Waals surface area contributed by atoms with Crippen molar-refractivity contribution < 1.29 is 9.53 Å². The molecular formula is C29H27N5O2. The zero-order valence-electron chi connectivity index (χ0n) is 20.5. The molecule has 1 aliphatic heterocycles. The lowest BCUT2D eigenvalue weighted by molar-refractivity contribution is -0.0500. The van der Waals surface area contributed by atoms with Gasteiger partial charge in [0.25, 0.3) is 5.91 Å². The van der Waals surface area contributed by atoms with E-state index in [1.54, 1.807) is 6.20 Å². The van der Waals surface area contributed by atoms with Crippen LogP contribution in [0.2, 0.25) is 0 Å². The largest absolute Gasteiger partial charge is 0.379 e. The summed E-state index contributed by atoms with van der Waals surface area (Å²) in [5.41, 5.74) is 8.37. The van der Waals surface area contributed by atoms with Crippen molar-refractivity contribution in [1.29, 1.82) is 0 Å². The van der Waals surface area contributed by atoms with Crippen LogP contribution in [-0.4, -0.2) is 38.3 Å². The van der Waals surface area contributed by atoms with Gasteiger partial charge in [0, 0.05) is 53.1 Å². The summed E-state index contributed by atoms with van der Waals surface area (Å²) in [5, 5.41) is 7.84. The number of pyridine rings is 1. The number of ether oxygens (including phenoxy) is 1. The fraction of sp³-hybridized carbons (Fsp3) is 0.207. The van der Waals surface area contributed by atoms with Gasteiger partial charge >= 0.3 is 0 Å². The standard InChI is InChI=1S/C29H27N5O2/c1-19-12-20(2)26(33-10-11-34-27(33)15-25(32-34)22-7-5-9-30-16-22)14-24(19)31-28(35)21-6-4-8-23(13-21)29(3)17-36-18-29/h4-16H,17-18H2,1-3H3,(H,31,35). The quantitative estimate of drug-likeness (QED) is 0.371. The minimum atomic E-state index is -0.125. The second-order valence-corrected chi connectivity index (χ2v) is 9.78. The third kappa shape index (κ3) is 3.78. The number of aromatic nitrogens is 4. The normalized spacial score (nSPS) is 14.5. The highest BCUT2D eigenvalue weighted by Gasteiger charge is 2.35. The van der Waals surface area contributed by atoms with E-state index in [0.29, 0.717) is 18.8 Å². The topological polar surface area (TPSA) is 73.5 Å². The van der Waals surface area contributed by atoms with Gasteiger partial charge in [-0.3, -0.25) is 14.3 Å². The van der Waals surface area contributed by atoms with E-state index in [1.165, 1.54) is 0 Å². The Morgan fingerprint density at radius 3 is 2.64 bits per heavy atom. The molecule has 0 radical (unpaired) electrons. The van der Waals surface area contributed by atoms with Crippen molar-refractivity contribution in [3.8, 4) is 16.9 Å². The number of nitrogens with one attached hydrogen (secondary N) is 1. The van der Waals surface area contributed by atoms with E-state index in [9.17, 15) is 4.79 Å². The summed E-state index contributed by atoms with van der Waals surface area (Å²) in [7, 11) is 0. The van der Waals surface area contributed by atoms with Crippen LogP contribution in [0.4, 0.5) is 5.69 Å². The Labute approximate surface area is 209 Å². The lowest BCUT2D eigenvalue weighted by Crippen LogP contribution is -2.43. The van der Waals surface area contributed by atoms with E-state index in [0.717, 1.165) is 45.0 Å². The van der Waals surface area contributed by atoms with Crippen LogP contribution in [0, 0.1) is 13.8 Å². The van der Waals surface area contributed by atoms with E-state index in [4.69, 9.17) is 9.84 Å². The molecule has 36 heavy (non-hydrogen) atoms. The van der Waals surface area contributed by atoms with E-state index in [2.05, 4.69) is 40.8 Å². The highest BCUT2D eigenvalue weighted by atomic mass is 16.5. The molecule has 1 fully saturated rings. The zero-order chi connectivity index (χ0) is 24.9. The smallest absolute Gasteiger partial charge is 0.255 e. The fourth-order valence-electron chi connectivity index (χ4n) is 4.78. The zero-order valence-corrected chi connectivity index (χ0v) is 20.5. The van der Waals surface area contributed by atoms with Gasteiger partial charge in [0.2, 0.25) is 0 Å². The molecule has 3 aromatic heterocycles. The van der Waals surface area contributed by atoms with Crippen LogP contribution in [0.3, 0.4) is 0 Å². The highest BCUT2D eigenvalue weighted by Crippen LogP contribution is 2.32. The molecule has 7 heteroatoms. The van der Waals surface area contributed by atoms with Crippen LogP contribution in [0.15, 0.2) is 79.4 Å². The van der Waals surface area contributed by atoms with Crippen LogP contribution in [0.25, 0.3) is 22.6 Å². The number of anilines is 1. The molecule has 0 unspecified atom stereocenters. The highest BCUT2D eigenvalue weighted by molar-refractivity contribution is 6.05. The van der Waals surface area contributed by atoms with Gasteiger partial charge in [-0.25, -0.2) is 4.52 Å². The molecule has 2 aromatic carbocycles. The van der Waals surface area contributed by atoms with Gasteiger partial charge in [0.05, 0.1) is 24.6 Å². The van der Waals surface area contributed by atoms with E-state index < -0.39 is 0 Å². The summed E-state index contributed by atoms with van der Waals surface area (Å²) in [5.74, 6) is -0.125. The molecule has 6 rings (SSSR count). The van der Waals surface area contributed by atoms with Gasteiger partial charge < -0.3 is 10.1 Å².